The summed E-state index contributed by atoms with van der Waals surface area (Å²) in [4.78, 5) is 9.96. The molecule has 1 aliphatic carbocycles. The van der Waals surface area contributed by atoms with Crippen LogP contribution in [-0.4, -0.2) is 11.0 Å². The van der Waals surface area contributed by atoms with Gasteiger partial charge >= 0.3 is 0 Å². The summed E-state index contributed by atoms with van der Waals surface area (Å²) in [5, 5.41) is 13.7. The molecule has 0 bridgehead atoms. The summed E-state index contributed by atoms with van der Waals surface area (Å²) in [5.41, 5.74) is 0.509. The Kier molecular flexibility index (Phi) is 3.73. The van der Waals surface area contributed by atoms with Crippen LogP contribution in [0.4, 0.5) is 15.8 Å². The smallest absolute Gasteiger partial charge is 0.272 e. The van der Waals surface area contributed by atoms with E-state index in [9.17, 15) is 14.5 Å². The second kappa shape index (κ2) is 5.15. The van der Waals surface area contributed by atoms with Gasteiger partial charge in [0, 0.05) is 12.1 Å². The zero-order valence-corrected chi connectivity index (χ0v) is 11.3. The number of halogens is 1. The van der Waals surface area contributed by atoms with Gasteiger partial charge in [0.1, 0.15) is 0 Å². The molecule has 2 rings (SSSR count). The van der Waals surface area contributed by atoms with Gasteiger partial charge in [-0.3, -0.25) is 10.1 Å². The van der Waals surface area contributed by atoms with E-state index >= 15 is 0 Å². The molecule has 5 heteroatoms. The molecule has 1 saturated carbocycles. The molecule has 4 nitrogen and oxygen atoms in total. The van der Waals surface area contributed by atoms with E-state index in [0.717, 1.165) is 31.7 Å². The second-order valence-electron chi connectivity index (χ2n) is 6.00. The van der Waals surface area contributed by atoms with Gasteiger partial charge in [0.15, 0.2) is 5.82 Å². The van der Waals surface area contributed by atoms with Gasteiger partial charge in [-0.05, 0) is 37.2 Å². The van der Waals surface area contributed by atoms with Crippen LogP contribution in [-0.2, 0) is 0 Å². The lowest BCUT2D eigenvalue weighted by atomic mass is 9.75. The van der Waals surface area contributed by atoms with Crippen molar-refractivity contribution in [2.75, 3.05) is 5.32 Å². The topological polar surface area (TPSA) is 55.2 Å². The number of nitrogens with one attached hydrogen (secondary N) is 1. The van der Waals surface area contributed by atoms with Crippen LogP contribution < -0.4 is 5.32 Å². The van der Waals surface area contributed by atoms with Gasteiger partial charge in [0.2, 0.25) is 0 Å². The van der Waals surface area contributed by atoms with Crippen LogP contribution in [0.2, 0.25) is 0 Å². The van der Waals surface area contributed by atoms with E-state index in [1.807, 2.05) is 0 Å². The number of anilines is 1. The van der Waals surface area contributed by atoms with Crippen LogP contribution in [0.15, 0.2) is 18.2 Å². The minimum absolute atomic E-state index is 0.215. The lowest BCUT2D eigenvalue weighted by molar-refractivity contribution is -0.385. The molecule has 1 fully saturated rings. The monoisotopic (exact) mass is 266 g/mol. The third-order valence-electron chi connectivity index (χ3n) is 3.86. The Morgan fingerprint density at radius 1 is 1.37 bits per heavy atom. The molecule has 0 amide bonds. The molecule has 1 aliphatic rings. The number of non-ortho nitro benzene ring substituents is 1. The van der Waals surface area contributed by atoms with Gasteiger partial charge in [-0.25, -0.2) is 4.39 Å². The first-order chi connectivity index (χ1) is 8.87. The standard InChI is InChI=1S/C14H19FN2O2/c1-14(2)7-5-10(6-8-14)16-13-4-3-11(17(18)19)9-12(13)15/h3-4,9-10,16H,5-8H2,1-2H3. The summed E-state index contributed by atoms with van der Waals surface area (Å²) in [6, 6.07) is 4.00. The molecular weight excluding hydrogens is 247 g/mol. The number of nitro benzene ring substituents is 1. The number of hydrogen-bond acceptors (Lipinski definition) is 3. The summed E-state index contributed by atoms with van der Waals surface area (Å²) >= 11 is 0. The van der Waals surface area contributed by atoms with Crippen LogP contribution in [0, 0.1) is 21.3 Å². The quantitative estimate of drug-likeness (QED) is 0.661. The maximum atomic E-state index is 13.8. The third kappa shape index (κ3) is 3.43. The van der Waals surface area contributed by atoms with Crippen LogP contribution in [0.25, 0.3) is 0 Å². The molecule has 1 aromatic rings. The zero-order valence-electron chi connectivity index (χ0n) is 11.3. The van der Waals surface area contributed by atoms with Crippen molar-refractivity contribution in [3.8, 4) is 0 Å². The van der Waals surface area contributed by atoms with E-state index in [0.29, 0.717) is 11.1 Å². The minimum Gasteiger partial charge on any atom is -0.380 e. The van der Waals surface area contributed by atoms with Crippen LogP contribution >= 0.6 is 0 Å². The summed E-state index contributed by atoms with van der Waals surface area (Å²) in [6.45, 7) is 4.49. The predicted octanol–water partition coefficient (Wildman–Crippen LogP) is 4.11. The van der Waals surface area contributed by atoms with Crippen molar-refractivity contribution < 1.29 is 9.31 Å². The highest BCUT2D eigenvalue weighted by atomic mass is 19.1. The Labute approximate surface area is 112 Å². The molecule has 0 atom stereocenters. The Morgan fingerprint density at radius 3 is 2.53 bits per heavy atom. The molecule has 104 valence electrons. The van der Waals surface area contributed by atoms with Crippen molar-refractivity contribution in [2.45, 2.75) is 45.6 Å². The molecule has 1 aromatic carbocycles. The van der Waals surface area contributed by atoms with Crippen LogP contribution in [0.3, 0.4) is 0 Å². The Hall–Kier alpha value is -1.65. The lowest BCUT2D eigenvalue weighted by Gasteiger charge is -2.35. The molecule has 19 heavy (non-hydrogen) atoms. The summed E-state index contributed by atoms with van der Waals surface area (Å²) in [5.74, 6) is -0.556. The number of nitro groups is 1. The first-order valence-corrected chi connectivity index (χ1v) is 6.58. The Bertz CT molecular complexity index is 478. The molecule has 1 N–H and O–H groups in total. The van der Waals surface area contributed by atoms with Crippen LogP contribution in [0.5, 0.6) is 0 Å². The Morgan fingerprint density at radius 2 is 2.00 bits per heavy atom. The fraction of sp³-hybridized carbons (Fsp3) is 0.571. The molecular formula is C14H19FN2O2. The van der Waals surface area contributed by atoms with Crippen molar-refractivity contribution in [2.24, 2.45) is 5.41 Å². The summed E-state index contributed by atoms with van der Waals surface area (Å²) in [7, 11) is 0. The normalized spacial score (nSPS) is 19.1. The second-order valence-corrected chi connectivity index (χ2v) is 6.00. The van der Waals surface area contributed by atoms with Gasteiger partial charge < -0.3 is 5.32 Å². The molecule has 0 heterocycles. The Balaban J connectivity index is 2.02. The van der Waals surface area contributed by atoms with E-state index in [2.05, 4.69) is 19.2 Å². The first-order valence-electron chi connectivity index (χ1n) is 6.58. The van der Waals surface area contributed by atoms with Gasteiger partial charge in [-0.15, -0.1) is 0 Å². The maximum absolute atomic E-state index is 13.8. The average molecular weight is 266 g/mol. The van der Waals surface area contributed by atoms with E-state index in [1.54, 1.807) is 0 Å². The lowest BCUT2D eigenvalue weighted by Crippen LogP contribution is -2.30. The highest BCUT2D eigenvalue weighted by Crippen LogP contribution is 2.36. The highest BCUT2D eigenvalue weighted by Gasteiger charge is 2.27. The van der Waals surface area contributed by atoms with E-state index < -0.39 is 10.7 Å². The molecule has 0 unspecified atom stereocenters. The predicted molar refractivity (Wildman–Crippen MR) is 72.7 cm³/mol. The maximum Gasteiger partial charge on any atom is 0.272 e. The highest BCUT2D eigenvalue weighted by molar-refractivity contribution is 5.50. The number of benzene rings is 1. The molecule has 0 aliphatic heterocycles. The van der Waals surface area contributed by atoms with Gasteiger partial charge in [-0.1, -0.05) is 13.8 Å². The van der Waals surface area contributed by atoms with Crippen molar-refractivity contribution in [3.05, 3.63) is 34.1 Å². The largest absolute Gasteiger partial charge is 0.380 e. The van der Waals surface area contributed by atoms with Gasteiger partial charge in [-0.2, -0.15) is 0 Å². The number of nitrogens with zero attached hydrogens (tertiary/aromatic N) is 1. The van der Waals surface area contributed by atoms with Crippen molar-refractivity contribution in [1.82, 2.24) is 0 Å². The summed E-state index contributed by atoms with van der Waals surface area (Å²) in [6.07, 6.45) is 4.23. The van der Waals surface area contributed by atoms with Gasteiger partial charge in [0.25, 0.3) is 5.69 Å². The summed E-state index contributed by atoms with van der Waals surface area (Å²) < 4.78 is 13.8. The van der Waals surface area contributed by atoms with Crippen molar-refractivity contribution in [3.63, 3.8) is 0 Å². The van der Waals surface area contributed by atoms with E-state index in [1.165, 1.54) is 12.1 Å². The third-order valence-corrected chi connectivity index (χ3v) is 3.86. The SMILES string of the molecule is CC1(C)CCC(Nc2ccc([N+](=O)[O-])cc2F)CC1. The molecule has 0 saturated heterocycles. The van der Waals surface area contributed by atoms with Crippen molar-refractivity contribution >= 4 is 11.4 Å². The first kappa shape index (κ1) is 13.8. The fourth-order valence-corrected chi connectivity index (χ4v) is 2.50. The zero-order chi connectivity index (χ0) is 14.0. The van der Waals surface area contributed by atoms with E-state index in [4.69, 9.17) is 0 Å². The number of rotatable bonds is 3. The molecule has 0 aromatic heterocycles. The fourth-order valence-electron chi connectivity index (χ4n) is 2.50. The van der Waals surface area contributed by atoms with Gasteiger partial charge in [0.05, 0.1) is 16.7 Å². The van der Waals surface area contributed by atoms with Crippen LogP contribution in [0.1, 0.15) is 39.5 Å². The van der Waals surface area contributed by atoms with Crippen molar-refractivity contribution in [1.29, 1.82) is 0 Å². The number of hydrogen-bond donors (Lipinski definition) is 1. The molecule has 0 radical (unpaired) electrons. The average Bonchev–Trinajstić information content (AvgIpc) is 2.34. The van der Waals surface area contributed by atoms with E-state index in [-0.39, 0.29) is 11.7 Å². The molecule has 0 spiro atoms. The minimum atomic E-state index is -0.587.